The summed E-state index contributed by atoms with van der Waals surface area (Å²) in [5, 5.41) is 9.06. The van der Waals surface area contributed by atoms with Crippen LogP contribution in [0.5, 0.6) is 0 Å². The number of rotatable bonds is 2. The van der Waals surface area contributed by atoms with Crippen LogP contribution in [0.25, 0.3) is 0 Å². The van der Waals surface area contributed by atoms with Crippen molar-refractivity contribution < 1.29 is 14.3 Å². The van der Waals surface area contributed by atoms with E-state index in [0.717, 1.165) is 6.42 Å². The molecule has 14 heavy (non-hydrogen) atoms. The summed E-state index contributed by atoms with van der Waals surface area (Å²) in [7, 11) is 0. The van der Waals surface area contributed by atoms with Crippen molar-refractivity contribution in [2.75, 3.05) is 19.8 Å². The molecule has 1 aliphatic heterocycles. The van der Waals surface area contributed by atoms with Crippen LogP contribution in [0.2, 0.25) is 0 Å². The second kappa shape index (κ2) is 4.97. The maximum atomic E-state index is 11.6. The minimum atomic E-state index is -0.966. The van der Waals surface area contributed by atoms with Gasteiger partial charge in [0.05, 0.1) is 12.7 Å². The van der Waals surface area contributed by atoms with E-state index in [-0.39, 0.29) is 0 Å². The molecule has 4 heteroatoms. The minimum absolute atomic E-state index is 0.323. The Hall–Kier alpha value is -1.08. The third-order valence-electron chi connectivity index (χ3n) is 2.45. The number of hydrogen-bond acceptors (Lipinski definition) is 4. The van der Waals surface area contributed by atoms with Gasteiger partial charge in [-0.15, -0.1) is 0 Å². The molecule has 1 saturated heterocycles. The fraction of sp³-hybridized carbons (Fsp3) is 0.800. The summed E-state index contributed by atoms with van der Waals surface area (Å²) in [6, 6.07) is 2.09. The molecule has 1 aliphatic rings. The molecule has 78 valence electrons. The Morgan fingerprint density at radius 1 is 1.57 bits per heavy atom. The van der Waals surface area contributed by atoms with Gasteiger partial charge >= 0.3 is 5.97 Å². The van der Waals surface area contributed by atoms with Gasteiger partial charge in [-0.3, -0.25) is 4.79 Å². The van der Waals surface area contributed by atoms with Crippen molar-refractivity contribution >= 4 is 5.97 Å². The molecule has 1 fully saturated rings. The van der Waals surface area contributed by atoms with Crippen molar-refractivity contribution in [1.29, 1.82) is 5.26 Å². The number of carbonyl (C=O) groups excluding carboxylic acids is 1. The highest BCUT2D eigenvalue weighted by Gasteiger charge is 2.40. The molecule has 0 aromatic rings. The van der Waals surface area contributed by atoms with Gasteiger partial charge in [-0.25, -0.2) is 0 Å². The van der Waals surface area contributed by atoms with Crippen molar-refractivity contribution in [2.24, 2.45) is 5.41 Å². The van der Waals surface area contributed by atoms with Crippen LogP contribution in [0.4, 0.5) is 0 Å². The molecular weight excluding hydrogens is 182 g/mol. The van der Waals surface area contributed by atoms with Gasteiger partial charge in [0, 0.05) is 19.6 Å². The van der Waals surface area contributed by atoms with E-state index in [4.69, 9.17) is 14.7 Å². The lowest BCUT2D eigenvalue weighted by Gasteiger charge is -2.21. The molecule has 0 aromatic carbocycles. The van der Waals surface area contributed by atoms with Gasteiger partial charge in [0.25, 0.3) is 0 Å². The Morgan fingerprint density at radius 2 is 2.36 bits per heavy atom. The van der Waals surface area contributed by atoms with E-state index >= 15 is 0 Å². The van der Waals surface area contributed by atoms with Gasteiger partial charge < -0.3 is 9.47 Å². The van der Waals surface area contributed by atoms with Gasteiger partial charge in [-0.1, -0.05) is 0 Å². The van der Waals surface area contributed by atoms with Crippen LogP contribution in [0.1, 0.15) is 26.2 Å². The van der Waals surface area contributed by atoms with Crippen LogP contribution in [0, 0.1) is 16.7 Å². The first-order valence-corrected chi connectivity index (χ1v) is 4.91. The fourth-order valence-corrected chi connectivity index (χ4v) is 1.58. The third-order valence-corrected chi connectivity index (χ3v) is 2.45. The van der Waals surface area contributed by atoms with Crippen molar-refractivity contribution in [3.8, 4) is 6.07 Å². The van der Waals surface area contributed by atoms with Gasteiger partial charge in [0.1, 0.15) is 0 Å². The van der Waals surface area contributed by atoms with Gasteiger partial charge in [-0.2, -0.15) is 5.26 Å². The molecular formula is C10H15NO3. The summed E-state index contributed by atoms with van der Waals surface area (Å²) in [6.07, 6.45) is 1.73. The average molecular weight is 197 g/mol. The van der Waals surface area contributed by atoms with E-state index in [9.17, 15) is 4.79 Å². The maximum Gasteiger partial charge on any atom is 0.326 e. The number of carbonyl (C=O) groups is 1. The monoisotopic (exact) mass is 197 g/mol. The summed E-state index contributed by atoms with van der Waals surface area (Å²) >= 11 is 0. The molecule has 0 aliphatic carbocycles. The van der Waals surface area contributed by atoms with E-state index in [0.29, 0.717) is 32.7 Å². The predicted molar refractivity (Wildman–Crippen MR) is 49.3 cm³/mol. The Morgan fingerprint density at radius 3 is 3.00 bits per heavy atom. The van der Waals surface area contributed by atoms with E-state index in [2.05, 4.69) is 6.07 Å². The summed E-state index contributed by atoms with van der Waals surface area (Å²) in [5.74, 6) is -0.395. The largest absolute Gasteiger partial charge is 0.465 e. The highest BCUT2D eigenvalue weighted by molar-refractivity contribution is 5.80. The second-order valence-corrected chi connectivity index (χ2v) is 3.38. The maximum absolute atomic E-state index is 11.6. The van der Waals surface area contributed by atoms with Crippen LogP contribution in [0.15, 0.2) is 0 Å². The molecule has 4 nitrogen and oxygen atoms in total. The fourth-order valence-electron chi connectivity index (χ4n) is 1.58. The molecule has 0 N–H and O–H groups in total. The lowest BCUT2D eigenvalue weighted by Crippen LogP contribution is -2.32. The zero-order chi connectivity index (χ0) is 10.4. The smallest absolute Gasteiger partial charge is 0.326 e. The molecule has 1 rings (SSSR count). The Kier molecular flexibility index (Phi) is 3.90. The lowest BCUT2D eigenvalue weighted by atomic mass is 9.82. The molecule has 0 amide bonds. The molecule has 0 bridgehead atoms. The Labute approximate surface area is 83.8 Å². The number of esters is 1. The summed E-state index contributed by atoms with van der Waals surface area (Å²) < 4.78 is 10.1. The quantitative estimate of drug-likeness (QED) is 0.625. The molecule has 1 heterocycles. The zero-order valence-electron chi connectivity index (χ0n) is 8.41. The number of ether oxygens (including phenoxy) is 2. The summed E-state index contributed by atoms with van der Waals surface area (Å²) in [5.41, 5.74) is -0.966. The Balaban J connectivity index is 2.73. The van der Waals surface area contributed by atoms with Crippen LogP contribution in [-0.4, -0.2) is 25.8 Å². The molecule has 0 saturated carbocycles. The predicted octanol–water partition coefficient (Wildman–Crippen LogP) is 1.26. The van der Waals surface area contributed by atoms with Crippen molar-refractivity contribution in [3.63, 3.8) is 0 Å². The molecule has 1 atom stereocenters. The second-order valence-electron chi connectivity index (χ2n) is 3.38. The summed E-state index contributed by atoms with van der Waals surface area (Å²) in [6.45, 7) is 3.16. The van der Waals surface area contributed by atoms with Gasteiger partial charge in [0.15, 0.2) is 5.41 Å². The van der Waals surface area contributed by atoms with E-state index in [1.807, 2.05) is 0 Å². The Bertz CT molecular complexity index is 236. The molecule has 0 aromatic heterocycles. The highest BCUT2D eigenvalue weighted by Crippen LogP contribution is 2.31. The van der Waals surface area contributed by atoms with Gasteiger partial charge in [0.2, 0.25) is 0 Å². The SMILES string of the molecule is CCOC(=O)C1(C#N)CCCOCC1. The number of nitrogens with zero attached hydrogens (tertiary/aromatic N) is 1. The van der Waals surface area contributed by atoms with Crippen LogP contribution in [-0.2, 0) is 14.3 Å². The summed E-state index contributed by atoms with van der Waals surface area (Å²) in [4.78, 5) is 11.6. The average Bonchev–Trinajstić information content (AvgIpc) is 2.44. The number of hydrogen-bond donors (Lipinski definition) is 0. The van der Waals surface area contributed by atoms with Crippen molar-refractivity contribution in [3.05, 3.63) is 0 Å². The lowest BCUT2D eigenvalue weighted by molar-refractivity contribution is -0.152. The first kappa shape index (κ1) is 11.0. The van der Waals surface area contributed by atoms with Crippen molar-refractivity contribution in [2.45, 2.75) is 26.2 Å². The van der Waals surface area contributed by atoms with E-state index < -0.39 is 11.4 Å². The normalized spacial score (nSPS) is 27.4. The standard InChI is InChI=1S/C10H15NO3/c1-2-14-9(12)10(8-11)4-3-6-13-7-5-10/h2-7H2,1H3. The molecule has 0 spiro atoms. The van der Waals surface area contributed by atoms with Crippen LogP contribution < -0.4 is 0 Å². The topological polar surface area (TPSA) is 59.3 Å². The molecule has 0 radical (unpaired) electrons. The van der Waals surface area contributed by atoms with Crippen LogP contribution in [0.3, 0.4) is 0 Å². The van der Waals surface area contributed by atoms with Crippen molar-refractivity contribution in [1.82, 2.24) is 0 Å². The van der Waals surface area contributed by atoms with Crippen LogP contribution >= 0.6 is 0 Å². The van der Waals surface area contributed by atoms with E-state index in [1.165, 1.54) is 0 Å². The van der Waals surface area contributed by atoms with E-state index in [1.54, 1.807) is 6.92 Å². The zero-order valence-corrected chi connectivity index (χ0v) is 8.41. The first-order valence-electron chi connectivity index (χ1n) is 4.91. The number of nitriles is 1. The first-order chi connectivity index (χ1) is 6.75. The van der Waals surface area contributed by atoms with Gasteiger partial charge in [-0.05, 0) is 19.8 Å². The third kappa shape index (κ3) is 2.24. The minimum Gasteiger partial charge on any atom is -0.465 e. The highest BCUT2D eigenvalue weighted by atomic mass is 16.5. The molecule has 1 unspecified atom stereocenters.